The molecule has 0 saturated carbocycles. The Balaban J connectivity index is 2.34. The monoisotopic (exact) mass is 232 g/mol. The van der Waals surface area contributed by atoms with Crippen molar-refractivity contribution in [3.8, 4) is 0 Å². The Labute approximate surface area is 100 Å². The van der Waals surface area contributed by atoms with Crippen LogP contribution in [0.25, 0.3) is 0 Å². The summed E-state index contributed by atoms with van der Waals surface area (Å²) in [4.78, 5) is 16.2. The van der Waals surface area contributed by atoms with Crippen molar-refractivity contribution in [2.75, 3.05) is 10.7 Å². The maximum atomic E-state index is 12.2. The number of nitrogen functional groups attached to an aromatic ring is 1. The highest BCUT2D eigenvalue weighted by Crippen LogP contribution is 2.28. The number of rotatable bonds is 2. The summed E-state index contributed by atoms with van der Waals surface area (Å²) in [5.41, 5.74) is 7.64. The first kappa shape index (κ1) is 11.6. The number of pyridine rings is 1. The quantitative estimate of drug-likeness (QED) is 0.842. The molecule has 1 aliphatic heterocycles. The molecule has 1 aromatic heterocycles. The smallest absolute Gasteiger partial charge is 0.256 e. The number of anilines is 2. The second kappa shape index (κ2) is 4.16. The van der Waals surface area contributed by atoms with Crippen LogP contribution in [-0.2, 0) is 4.79 Å². The molecule has 0 saturated heterocycles. The van der Waals surface area contributed by atoms with Crippen LogP contribution >= 0.6 is 0 Å². The molecule has 0 bridgehead atoms. The number of hydrogen-bond donors (Lipinski definition) is 1. The van der Waals surface area contributed by atoms with Crippen molar-refractivity contribution >= 4 is 23.0 Å². The Morgan fingerprint density at radius 3 is 2.65 bits per heavy atom. The fraction of sp³-hybridized carbons (Fsp3) is 0.417. The Morgan fingerprint density at radius 1 is 1.41 bits per heavy atom. The zero-order valence-electron chi connectivity index (χ0n) is 10.2. The molecule has 0 aromatic carbocycles. The highest BCUT2D eigenvalue weighted by molar-refractivity contribution is 6.14. The molecule has 90 valence electrons. The lowest BCUT2D eigenvalue weighted by atomic mass is 9.92. The molecule has 1 amide bonds. The third kappa shape index (κ3) is 2.00. The van der Waals surface area contributed by atoms with Crippen molar-refractivity contribution in [2.45, 2.75) is 20.8 Å². The molecule has 1 aromatic rings. The lowest BCUT2D eigenvalue weighted by Crippen LogP contribution is -2.30. The van der Waals surface area contributed by atoms with Crippen molar-refractivity contribution in [3.05, 3.63) is 18.5 Å². The van der Waals surface area contributed by atoms with Gasteiger partial charge in [0.15, 0.2) is 0 Å². The van der Waals surface area contributed by atoms with E-state index in [4.69, 9.17) is 5.73 Å². The third-order valence-corrected chi connectivity index (χ3v) is 2.84. The van der Waals surface area contributed by atoms with Crippen LogP contribution in [0.5, 0.6) is 0 Å². The van der Waals surface area contributed by atoms with Gasteiger partial charge >= 0.3 is 0 Å². The van der Waals surface area contributed by atoms with Gasteiger partial charge in [-0.25, -0.2) is 0 Å². The van der Waals surface area contributed by atoms with E-state index >= 15 is 0 Å². The second-order valence-corrected chi connectivity index (χ2v) is 4.59. The summed E-state index contributed by atoms with van der Waals surface area (Å²) < 4.78 is 0. The molecule has 2 N–H and O–H groups in total. The normalized spacial score (nSPS) is 20.0. The maximum Gasteiger partial charge on any atom is 0.256 e. The molecule has 0 spiro atoms. The SMILES string of the molecule is CC1=NN(c2cncc(N)c2)C(=O)[C@@H]1C(C)C. The fourth-order valence-corrected chi connectivity index (χ4v) is 2.09. The van der Waals surface area contributed by atoms with Gasteiger partial charge in [0.1, 0.15) is 0 Å². The van der Waals surface area contributed by atoms with Crippen molar-refractivity contribution < 1.29 is 4.79 Å². The predicted molar refractivity (Wildman–Crippen MR) is 67.6 cm³/mol. The van der Waals surface area contributed by atoms with Gasteiger partial charge in [-0.15, -0.1) is 0 Å². The molecule has 5 heteroatoms. The van der Waals surface area contributed by atoms with E-state index in [1.807, 2.05) is 20.8 Å². The number of carbonyl (C=O) groups excluding carboxylic acids is 1. The van der Waals surface area contributed by atoms with Crippen molar-refractivity contribution in [2.24, 2.45) is 16.9 Å². The van der Waals surface area contributed by atoms with Crippen LogP contribution in [0, 0.1) is 11.8 Å². The van der Waals surface area contributed by atoms with E-state index in [1.54, 1.807) is 18.5 Å². The Kier molecular flexibility index (Phi) is 2.83. The van der Waals surface area contributed by atoms with E-state index in [9.17, 15) is 4.79 Å². The summed E-state index contributed by atoms with van der Waals surface area (Å²) in [6.07, 6.45) is 3.13. The number of carbonyl (C=O) groups is 1. The van der Waals surface area contributed by atoms with E-state index < -0.39 is 0 Å². The zero-order valence-corrected chi connectivity index (χ0v) is 10.2. The molecule has 0 unspecified atom stereocenters. The third-order valence-electron chi connectivity index (χ3n) is 2.84. The minimum Gasteiger partial charge on any atom is -0.397 e. The average molecular weight is 232 g/mol. The van der Waals surface area contributed by atoms with E-state index in [2.05, 4.69) is 10.1 Å². The standard InChI is InChI=1S/C12H16N4O/c1-7(2)11-8(3)15-16(12(11)17)10-4-9(13)5-14-6-10/h4-7,11H,13H2,1-3H3/t11-/m1/s1. The summed E-state index contributed by atoms with van der Waals surface area (Å²) in [5, 5.41) is 5.68. The van der Waals surface area contributed by atoms with Gasteiger partial charge in [-0.1, -0.05) is 13.8 Å². The van der Waals surface area contributed by atoms with Gasteiger partial charge in [0.05, 0.1) is 23.5 Å². The van der Waals surface area contributed by atoms with Crippen LogP contribution < -0.4 is 10.7 Å². The number of nitrogens with two attached hydrogens (primary N) is 1. The van der Waals surface area contributed by atoms with Crippen LogP contribution in [0.3, 0.4) is 0 Å². The number of nitrogens with zero attached hydrogens (tertiary/aromatic N) is 3. The predicted octanol–water partition coefficient (Wildman–Crippen LogP) is 1.66. The summed E-state index contributed by atoms with van der Waals surface area (Å²) >= 11 is 0. The highest BCUT2D eigenvalue weighted by atomic mass is 16.2. The largest absolute Gasteiger partial charge is 0.397 e. The van der Waals surface area contributed by atoms with Gasteiger partial charge in [0.2, 0.25) is 0 Å². The molecule has 0 fully saturated rings. The Morgan fingerprint density at radius 2 is 2.12 bits per heavy atom. The molecule has 5 nitrogen and oxygen atoms in total. The number of amides is 1. The molecular weight excluding hydrogens is 216 g/mol. The van der Waals surface area contributed by atoms with E-state index in [1.165, 1.54) is 5.01 Å². The molecular formula is C12H16N4O. The van der Waals surface area contributed by atoms with Gasteiger partial charge in [-0.2, -0.15) is 10.1 Å². The average Bonchev–Trinajstić information content (AvgIpc) is 2.54. The molecule has 2 rings (SSSR count). The van der Waals surface area contributed by atoms with Crippen LogP contribution in [0.2, 0.25) is 0 Å². The molecule has 0 radical (unpaired) electrons. The summed E-state index contributed by atoms with van der Waals surface area (Å²) in [6.45, 7) is 5.91. The van der Waals surface area contributed by atoms with Gasteiger partial charge in [-0.05, 0) is 18.9 Å². The number of aromatic nitrogens is 1. The van der Waals surface area contributed by atoms with Gasteiger partial charge < -0.3 is 5.73 Å². The minimum atomic E-state index is -0.142. The van der Waals surface area contributed by atoms with Crippen molar-refractivity contribution in [1.29, 1.82) is 0 Å². The van der Waals surface area contributed by atoms with Gasteiger partial charge in [0, 0.05) is 11.9 Å². The summed E-state index contributed by atoms with van der Waals surface area (Å²) in [6, 6.07) is 1.70. The zero-order chi connectivity index (χ0) is 12.6. The van der Waals surface area contributed by atoms with Crippen LogP contribution in [0.1, 0.15) is 20.8 Å². The summed E-state index contributed by atoms with van der Waals surface area (Å²) in [5.74, 6) is 0.0894. The van der Waals surface area contributed by atoms with E-state index in [0.717, 1.165) is 5.71 Å². The highest BCUT2D eigenvalue weighted by Gasteiger charge is 2.36. The molecule has 0 aliphatic carbocycles. The Hall–Kier alpha value is -1.91. The topological polar surface area (TPSA) is 71.6 Å². The van der Waals surface area contributed by atoms with E-state index in [0.29, 0.717) is 11.4 Å². The summed E-state index contributed by atoms with van der Waals surface area (Å²) in [7, 11) is 0. The lowest BCUT2D eigenvalue weighted by Gasteiger charge is -2.16. The molecule has 17 heavy (non-hydrogen) atoms. The van der Waals surface area contributed by atoms with Gasteiger partial charge in [0.25, 0.3) is 5.91 Å². The van der Waals surface area contributed by atoms with E-state index in [-0.39, 0.29) is 17.7 Å². The first-order valence-electron chi connectivity index (χ1n) is 5.60. The number of hydrazone groups is 1. The first-order valence-corrected chi connectivity index (χ1v) is 5.60. The minimum absolute atomic E-state index is 0.00935. The fourth-order valence-electron chi connectivity index (χ4n) is 2.09. The van der Waals surface area contributed by atoms with Crippen LogP contribution in [0.15, 0.2) is 23.6 Å². The van der Waals surface area contributed by atoms with Crippen LogP contribution in [0.4, 0.5) is 11.4 Å². The van der Waals surface area contributed by atoms with Gasteiger partial charge in [-0.3, -0.25) is 9.78 Å². The molecule has 2 heterocycles. The van der Waals surface area contributed by atoms with Crippen LogP contribution in [-0.4, -0.2) is 16.6 Å². The molecule has 1 aliphatic rings. The lowest BCUT2D eigenvalue weighted by molar-refractivity contribution is -0.120. The first-order chi connectivity index (χ1) is 8.00. The number of hydrogen-bond acceptors (Lipinski definition) is 4. The second-order valence-electron chi connectivity index (χ2n) is 4.59. The maximum absolute atomic E-state index is 12.2. The van der Waals surface area contributed by atoms with Crippen molar-refractivity contribution in [3.63, 3.8) is 0 Å². The van der Waals surface area contributed by atoms with Crippen molar-refractivity contribution in [1.82, 2.24) is 4.98 Å². The molecule has 1 atom stereocenters. The Bertz CT molecular complexity index is 481.